The molecule has 2 aromatic carbocycles. The van der Waals surface area contributed by atoms with E-state index in [4.69, 9.17) is 10.5 Å². The summed E-state index contributed by atoms with van der Waals surface area (Å²) in [6.07, 6.45) is 3.08. The molecule has 2 rings (SSSR count). The summed E-state index contributed by atoms with van der Waals surface area (Å²) in [5.41, 5.74) is 9.57. The summed E-state index contributed by atoms with van der Waals surface area (Å²) in [5, 5.41) is 0. The Bertz CT molecular complexity index is 488. The van der Waals surface area contributed by atoms with Gasteiger partial charge < -0.3 is 10.5 Å². The highest BCUT2D eigenvalue weighted by Gasteiger charge is 1.98. The van der Waals surface area contributed by atoms with E-state index in [-0.39, 0.29) is 0 Å². The van der Waals surface area contributed by atoms with Crippen LogP contribution in [0.3, 0.4) is 0 Å². The molecule has 2 heteroatoms. The maximum absolute atomic E-state index is 5.55. The maximum atomic E-state index is 5.55. The summed E-state index contributed by atoms with van der Waals surface area (Å²) >= 11 is 0. The summed E-state index contributed by atoms with van der Waals surface area (Å²) < 4.78 is 5.16. The SMILES string of the molecule is COc1ccc(CCc2ccc(CCN)cc2)cc1. The maximum Gasteiger partial charge on any atom is 0.118 e. The largest absolute Gasteiger partial charge is 0.497 e. The lowest BCUT2D eigenvalue weighted by atomic mass is 10.0. The Kier molecular flexibility index (Phi) is 4.99. The summed E-state index contributed by atoms with van der Waals surface area (Å²) in [6, 6.07) is 17.0. The van der Waals surface area contributed by atoms with E-state index >= 15 is 0 Å². The van der Waals surface area contributed by atoms with Gasteiger partial charge >= 0.3 is 0 Å². The molecule has 0 saturated carbocycles. The van der Waals surface area contributed by atoms with Crippen LogP contribution in [0, 0.1) is 0 Å². The van der Waals surface area contributed by atoms with E-state index in [1.54, 1.807) is 7.11 Å². The van der Waals surface area contributed by atoms with E-state index in [0.29, 0.717) is 6.54 Å². The third kappa shape index (κ3) is 4.11. The molecule has 0 amide bonds. The number of nitrogens with two attached hydrogens (primary N) is 1. The minimum Gasteiger partial charge on any atom is -0.497 e. The number of aryl methyl sites for hydroxylation is 2. The van der Waals surface area contributed by atoms with Gasteiger partial charge in [-0.1, -0.05) is 36.4 Å². The average Bonchev–Trinajstić information content (AvgIpc) is 2.47. The summed E-state index contributed by atoms with van der Waals surface area (Å²) in [5.74, 6) is 0.912. The van der Waals surface area contributed by atoms with E-state index < -0.39 is 0 Å². The number of rotatable bonds is 6. The molecule has 2 N–H and O–H groups in total. The van der Waals surface area contributed by atoms with Crippen molar-refractivity contribution in [2.75, 3.05) is 13.7 Å². The molecule has 0 unspecified atom stereocenters. The van der Waals surface area contributed by atoms with Crippen molar-refractivity contribution >= 4 is 0 Å². The lowest BCUT2D eigenvalue weighted by molar-refractivity contribution is 0.414. The Hall–Kier alpha value is -1.80. The molecule has 0 radical (unpaired) electrons. The van der Waals surface area contributed by atoms with Gasteiger partial charge in [-0.3, -0.25) is 0 Å². The second kappa shape index (κ2) is 6.95. The first-order chi connectivity index (χ1) is 9.31. The predicted molar refractivity (Wildman–Crippen MR) is 79.6 cm³/mol. The highest BCUT2D eigenvalue weighted by Crippen LogP contribution is 2.14. The van der Waals surface area contributed by atoms with E-state index in [0.717, 1.165) is 25.0 Å². The van der Waals surface area contributed by atoms with Crippen LogP contribution in [0.15, 0.2) is 48.5 Å². The number of ether oxygens (including phenoxy) is 1. The first kappa shape index (κ1) is 13.6. The van der Waals surface area contributed by atoms with Gasteiger partial charge in [0.25, 0.3) is 0 Å². The Morgan fingerprint density at radius 1 is 0.737 bits per heavy atom. The molecule has 100 valence electrons. The first-order valence-electron chi connectivity index (χ1n) is 6.72. The molecular formula is C17H21NO. The molecule has 0 bridgehead atoms. The van der Waals surface area contributed by atoms with Gasteiger partial charge in [0, 0.05) is 0 Å². The summed E-state index contributed by atoms with van der Waals surface area (Å²) in [7, 11) is 1.69. The van der Waals surface area contributed by atoms with Crippen LogP contribution in [0.2, 0.25) is 0 Å². The third-order valence-corrected chi connectivity index (χ3v) is 3.32. The van der Waals surface area contributed by atoms with Crippen molar-refractivity contribution in [2.45, 2.75) is 19.3 Å². The molecule has 2 aromatic rings. The second-order valence-electron chi connectivity index (χ2n) is 4.70. The molecule has 19 heavy (non-hydrogen) atoms. The second-order valence-corrected chi connectivity index (χ2v) is 4.70. The van der Waals surface area contributed by atoms with Crippen molar-refractivity contribution in [1.29, 1.82) is 0 Å². The molecule has 0 saturated heterocycles. The van der Waals surface area contributed by atoms with Crippen molar-refractivity contribution in [3.63, 3.8) is 0 Å². The lowest BCUT2D eigenvalue weighted by Gasteiger charge is -2.05. The zero-order chi connectivity index (χ0) is 13.5. The van der Waals surface area contributed by atoms with Gasteiger partial charge in [0.05, 0.1) is 7.11 Å². The zero-order valence-electron chi connectivity index (χ0n) is 11.4. The number of benzene rings is 2. The van der Waals surface area contributed by atoms with Gasteiger partial charge in [0.2, 0.25) is 0 Å². The van der Waals surface area contributed by atoms with E-state index in [2.05, 4.69) is 36.4 Å². The molecular weight excluding hydrogens is 234 g/mol. The highest BCUT2D eigenvalue weighted by atomic mass is 16.5. The van der Waals surface area contributed by atoms with Crippen LogP contribution < -0.4 is 10.5 Å². The quantitative estimate of drug-likeness (QED) is 0.861. The predicted octanol–water partition coefficient (Wildman–Crippen LogP) is 2.98. The van der Waals surface area contributed by atoms with Crippen LogP contribution >= 0.6 is 0 Å². The molecule has 2 nitrogen and oxygen atoms in total. The first-order valence-corrected chi connectivity index (χ1v) is 6.72. The Morgan fingerprint density at radius 3 is 1.58 bits per heavy atom. The Labute approximate surface area is 115 Å². The van der Waals surface area contributed by atoms with Crippen LogP contribution in [0.4, 0.5) is 0 Å². The van der Waals surface area contributed by atoms with Gasteiger partial charge in [-0.15, -0.1) is 0 Å². The fraction of sp³-hybridized carbons (Fsp3) is 0.294. The van der Waals surface area contributed by atoms with Crippen LogP contribution in [0.25, 0.3) is 0 Å². The smallest absolute Gasteiger partial charge is 0.118 e. The Balaban J connectivity index is 1.90. The molecule has 0 aliphatic heterocycles. The van der Waals surface area contributed by atoms with E-state index in [9.17, 15) is 0 Å². The van der Waals surface area contributed by atoms with Crippen LogP contribution in [-0.4, -0.2) is 13.7 Å². The molecule has 0 heterocycles. The zero-order valence-corrected chi connectivity index (χ0v) is 11.4. The van der Waals surface area contributed by atoms with Gasteiger partial charge in [0.1, 0.15) is 5.75 Å². The van der Waals surface area contributed by atoms with Crippen LogP contribution in [0.1, 0.15) is 16.7 Å². The fourth-order valence-electron chi connectivity index (χ4n) is 2.12. The summed E-state index contributed by atoms with van der Waals surface area (Å²) in [6.45, 7) is 0.713. The van der Waals surface area contributed by atoms with Crippen molar-refractivity contribution in [3.8, 4) is 5.75 Å². The van der Waals surface area contributed by atoms with Crippen molar-refractivity contribution < 1.29 is 4.74 Å². The molecule has 0 aliphatic carbocycles. The number of methoxy groups -OCH3 is 1. The normalized spacial score (nSPS) is 10.4. The van der Waals surface area contributed by atoms with Gasteiger partial charge in [0.15, 0.2) is 0 Å². The van der Waals surface area contributed by atoms with E-state index in [1.807, 2.05) is 12.1 Å². The van der Waals surface area contributed by atoms with Crippen molar-refractivity contribution in [3.05, 3.63) is 65.2 Å². The highest BCUT2D eigenvalue weighted by molar-refractivity contribution is 5.29. The Morgan fingerprint density at radius 2 is 1.16 bits per heavy atom. The van der Waals surface area contributed by atoms with Crippen LogP contribution in [-0.2, 0) is 19.3 Å². The monoisotopic (exact) mass is 255 g/mol. The molecule has 0 fully saturated rings. The molecule has 0 aromatic heterocycles. The molecule has 0 aliphatic rings. The number of hydrogen-bond donors (Lipinski definition) is 1. The summed E-state index contributed by atoms with van der Waals surface area (Å²) in [4.78, 5) is 0. The van der Waals surface area contributed by atoms with Crippen molar-refractivity contribution in [1.82, 2.24) is 0 Å². The topological polar surface area (TPSA) is 35.2 Å². The standard InChI is InChI=1S/C17H21NO/c1-19-17-10-8-15(9-11-17)3-2-14-4-6-16(7-5-14)12-13-18/h4-11H,2-3,12-13,18H2,1H3. The molecule has 0 atom stereocenters. The van der Waals surface area contributed by atoms with E-state index in [1.165, 1.54) is 16.7 Å². The minimum absolute atomic E-state index is 0.713. The fourth-order valence-corrected chi connectivity index (χ4v) is 2.12. The van der Waals surface area contributed by atoms with Crippen LogP contribution in [0.5, 0.6) is 5.75 Å². The van der Waals surface area contributed by atoms with Gasteiger partial charge in [-0.2, -0.15) is 0 Å². The van der Waals surface area contributed by atoms with Crippen molar-refractivity contribution in [2.24, 2.45) is 5.73 Å². The van der Waals surface area contributed by atoms with Gasteiger partial charge in [-0.25, -0.2) is 0 Å². The number of hydrogen-bond acceptors (Lipinski definition) is 2. The minimum atomic E-state index is 0.713. The van der Waals surface area contributed by atoms with Gasteiger partial charge in [-0.05, 0) is 54.6 Å². The molecule has 0 spiro atoms. The lowest BCUT2D eigenvalue weighted by Crippen LogP contribution is -2.02. The average molecular weight is 255 g/mol. The third-order valence-electron chi connectivity index (χ3n) is 3.32.